The van der Waals surface area contributed by atoms with Gasteiger partial charge in [0.1, 0.15) is 17.7 Å². The van der Waals surface area contributed by atoms with Crippen LogP contribution in [0.2, 0.25) is 0 Å². The van der Waals surface area contributed by atoms with Gasteiger partial charge in [0, 0.05) is 25.6 Å². The molecule has 8 heteroatoms. The number of amides is 3. The number of benzene rings is 2. The van der Waals surface area contributed by atoms with Crippen LogP contribution in [0.15, 0.2) is 48.5 Å². The maximum atomic E-state index is 13.6. The second-order valence-corrected chi connectivity index (χ2v) is 8.26. The number of likely N-dealkylation sites (tertiary alicyclic amines) is 1. The summed E-state index contributed by atoms with van der Waals surface area (Å²) < 4.78 is 27.2. The Morgan fingerprint density at radius 3 is 2.34 bits per heavy atom. The molecule has 3 amide bonds. The van der Waals surface area contributed by atoms with E-state index in [0.717, 1.165) is 22.6 Å². The predicted octanol–water partition coefficient (Wildman–Crippen LogP) is 2.61. The van der Waals surface area contributed by atoms with Crippen LogP contribution in [0.25, 0.3) is 0 Å². The van der Waals surface area contributed by atoms with Crippen molar-refractivity contribution in [3.8, 4) is 0 Å². The molecular weight excluding hydrogens is 416 g/mol. The molecule has 2 aromatic carbocycles. The molecule has 2 N–H and O–H groups in total. The van der Waals surface area contributed by atoms with Gasteiger partial charge < -0.3 is 10.6 Å². The van der Waals surface area contributed by atoms with Crippen molar-refractivity contribution in [2.24, 2.45) is 5.73 Å². The van der Waals surface area contributed by atoms with E-state index < -0.39 is 42.0 Å². The van der Waals surface area contributed by atoms with Crippen molar-refractivity contribution in [2.45, 2.75) is 44.2 Å². The van der Waals surface area contributed by atoms with Crippen LogP contribution in [-0.4, -0.2) is 53.2 Å². The highest BCUT2D eigenvalue weighted by molar-refractivity contribution is 6.02. The fourth-order valence-electron chi connectivity index (χ4n) is 4.13. The van der Waals surface area contributed by atoms with Gasteiger partial charge in [0.2, 0.25) is 17.7 Å². The van der Waals surface area contributed by atoms with Crippen molar-refractivity contribution in [1.29, 1.82) is 0 Å². The van der Waals surface area contributed by atoms with Gasteiger partial charge >= 0.3 is 0 Å². The summed E-state index contributed by atoms with van der Waals surface area (Å²) in [6.45, 7) is 1.88. The minimum Gasteiger partial charge on any atom is -0.343 e. The van der Waals surface area contributed by atoms with Crippen LogP contribution < -0.4 is 5.73 Å². The van der Waals surface area contributed by atoms with Crippen LogP contribution in [0.4, 0.5) is 8.78 Å². The molecule has 0 aromatic heterocycles. The quantitative estimate of drug-likeness (QED) is 0.770. The summed E-state index contributed by atoms with van der Waals surface area (Å²) in [5, 5.41) is 0. The number of carbonyl (C=O) groups is 3. The average Bonchev–Trinajstić information content (AvgIpc) is 2.87. The molecule has 2 aromatic rings. The third-order valence-corrected chi connectivity index (χ3v) is 5.70. The van der Waals surface area contributed by atoms with E-state index in [1.54, 1.807) is 7.05 Å². The molecule has 3 atom stereocenters. The van der Waals surface area contributed by atoms with Gasteiger partial charge in [-0.1, -0.05) is 30.3 Å². The normalized spacial score (nSPS) is 19.9. The first-order chi connectivity index (χ1) is 15.2. The molecule has 3 rings (SSSR count). The standard InChI is InChI=1S/C24H27F2N3O3/c1-15(27)23(31)29(22(30)12-16-10-19(25)13-20(26)11-16)21-9-8-18(14-28(2)24(21)32)17-6-4-3-5-7-17/h3-7,10-11,13,15,18,21H,8-9,12,14,27H2,1-2H3/t15-,18-,21-/m0/s1. The fraction of sp³-hybridized carbons (Fsp3) is 0.375. The van der Waals surface area contributed by atoms with Crippen LogP contribution in [0.5, 0.6) is 0 Å². The number of carbonyl (C=O) groups excluding carboxylic acids is 3. The summed E-state index contributed by atoms with van der Waals surface area (Å²) in [6.07, 6.45) is 0.419. The van der Waals surface area contributed by atoms with Crippen molar-refractivity contribution in [3.63, 3.8) is 0 Å². The van der Waals surface area contributed by atoms with Gasteiger partial charge in [-0.15, -0.1) is 0 Å². The Morgan fingerprint density at radius 1 is 1.12 bits per heavy atom. The van der Waals surface area contributed by atoms with Crippen molar-refractivity contribution in [3.05, 3.63) is 71.3 Å². The fourth-order valence-corrected chi connectivity index (χ4v) is 4.13. The predicted molar refractivity (Wildman–Crippen MR) is 115 cm³/mol. The van der Waals surface area contributed by atoms with Crippen LogP contribution >= 0.6 is 0 Å². The molecule has 0 unspecified atom stereocenters. The van der Waals surface area contributed by atoms with Gasteiger partial charge in [-0.25, -0.2) is 8.78 Å². The minimum atomic E-state index is -1.03. The van der Waals surface area contributed by atoms with Gasteiger partial charge in [0.05, 0.1) is 12.5 Å². The molecule has 1 fully saturated rings. The lowest BCUT2D eigenvalue weighted by Gasteiger charge is -2.31. The maximum Gasteiger partial charge on any atom is 0.246 e. The Labute approximate surface area is 186 Å². The molecule has 1 aliphatic rings. The molecule has 1 heterocycles. The van der Waals surface area contributed by atoms with Gasteiger partial charge in [-0.05, 0) is 43.0 Å². The molecule has 1 aliphatic heterocycles. The summed E-state index contributed by atoms with van der Waals surface area (Å²) >= 11 is 0. The minimum absolute atomic E-state index is 0.0508. The zero-order valence-electron chi connectivity index (χ0n) is 18.1. The largest absolute Gasteiger partial charge is 0.343 e. The molecule has 6 nitrogen and oxygen atoms in total. The molecule has 0 radical (unpaired) electrons. The van der Waals surface area contributed by atoms with Crippen LogP contribution in [0.1, 0.15) is 36.8 Å². The topological polar surface area (TPSA) is 83.7 Å². The zero-order chi connectivity index (χ0) is 23.4. The number of nitrogens with two attached hydrogens (primary N) is 1. The molecule has 0 bridgehead atoms. The molecule has 1 saturated heterocycles. The van der Waals surface area contributed by atoms with Gasteiger partial charge in [0.15, 0.2) is 0 Å². The number of halogens is 2. The van der Waals surface area contributed by atoms with Gasteiger partial charge in [0.25, 0.3) is 0 Å². The van der Waals surface area contributed by atoms with Gasteiger partial charge in [-0.3, -0.25) is 19.3 Å². The molecule has 0 spiro atoms. The van der Waals surface area contributed by atoms with E-state index in [9.17, 15) is 23.2 Å². The van der Waals surface area contributed by atoms with E-state index in [-0.39, 0.29) is 23.8 Å². The highest BCUT2D eigenvalue weighted by Gasteiger charge is 2.39. The van der Waals surface area contributed by atoms with E-state index in [1.807, 2.05) is 30.3 Å². The first-order valence-corrected chi connectivity index (χ1v) is 10.5. The maximum absolute atomic E-state index is 13.6. The van der Waals surface area contributed by atoms with Crippen molar-refractivity contribution < 1.29 is 23.2 Å². The summed E-state index contributed by atoms with van der Waals surface area (Å²) in [5.74, 6) is -3.38. The first kappa shape index (κ1) is 23.5. The highest BCUT2D eigenvalue weighted by Crippen LogP contribution is 2.29. The van der Waals surface area contributed by atoms with E-state index in [0.29, 0.717) is 19.0 Å². The molecule has 0 aliphatic carbocycles. The first-order valence-electron chi connectivity index (χ1n) is 10.5. The third-order valence-electron chi connectivity index (χ3n) is 5.70. The smallest absolute Gasteiger partial charge is 0.246 e. The van der Waals surface area contributed by atoms with Gasteiger partial charge in [-0.2, -0.15) is 0 Å². The Morgan fingerprint density at radius 2 is 1.75 bits per heavy atom. The lowest BCUT2D eigenvalue weighted by atomic mass is 9.93. The number of likely N-dealkylation sites (N-methyl/N-ethyl adjacent to an activating group) is 1. The number of imide groups is 1. The van der Waals surface area contributed by atoms with E-state index in [4.69, 9.17) is 5.73 Å². The van der Waals surface area contributed by atoms with Crippen molar-refractivity contribution in [1.82, 2.24) is 9.80 Å². The molecule has 32 heavy (non-hydrogen) atoms. The highest BCUT2D eigenvalue weighted by atomic mass is 19.1. The molecular formula is C24H27F2N3O3. The zero-order valence-corrected chi connectivity index (χ0v) is 18.1. The van der Waals surface area contributed by atoms with E-state index in [1.165, 1.54) is 11.8 Å². The Bertz CT molecular complexity index is 977. The monoisotopic (exact) mass is 443 g/mol. The second-order valence-electron chi connectivity index (χ2n) is 8.26. The number of rotatable bonds is 5. The lowest BCUT2D eigenvalue weighted by Crippen LogP contribution is -2.56. The number of nitrogens with zero attached hydrogens (tertiary/aromatic N) is 2. The van der Waals surface area contributed by atoms with Crippen LogP contribution in [0.3, 0.4) is 0 Å². The molecule has 170 valence electrons. The summed E-state index contributed by atoms with van der Waals surface area (Å²) in [6, 6.07) is 10.4. The SMILES string of the molecule is C[C@H](N)C(=O)N(C(=O)Cc1cc(F)cc(F)c1)[C@H]1CC[C@H](c2ccccc2)CN(C)C1=O. The Kier molecular flexibility index (Phi) is 7.35. The number of hydrogen-bond donors (Lipinski definition) is 1. The number of hydrogen-bond acceptors (Lipinski definition) is 4. The van der Waals surface area contributed by atoms with Crippen LogP contribution in [0, 0.1) is 11.6 Å². The van der Waals surface area contributed by atoms with Crippen LogP contribution in [-0.2, 0) is 20.8 Å². The molecule has 0 saturated carbocycles. The van der Waals surface area contributed by atoms with E-state index >= 15 is 0 Å². The second kappa shape index (κ2) is 9.99. The van der Waals surface area contributed by atoms with Crippen molar-refractivity contribution >= 4 is 17.7 Å². The summed E-state index contributed by atoms with van der Waals surface area (Å²) in [4.78, 5) is 41.6. The van der Waals surface area contributed by atoms with E-state index in [2.05, 4.69) is 0 Å². The summed E-state index contributed by atoms with van der Waals surface area (Å²) in [5.41, 5.74) is 6.92. The average molecular weight is 443 g/mol. The third kappa shape index (κ3) is 5.37. The van der Waals surface area contributed by atoms with Crippen molar-refractivity contribution in [2.75, 3.05) is 13.6 Å². The lowest BCUT2D eigenvalue weighted by molar-refractivity contribution is -0.154. The summed E-state index contributed by atoms with van der Waals surface area (Å²) in [7, 11) is 1.64. The Hall–Kier alpha value is -3.13. The Balaban J connectivity index is 1.89.